The molecule has 0 aromatic carbocycles. The molecule has 20 heavy (non-hydrogen) atoms. The van der Waals surface area contributed by atoms with Crippen molar-refractivity contribution in [3.63, 3.8) is 0 Å². The van der Waals surface area contributed by atoms with Gasteiger partial charge >= 0.3 is 0 Å². The zero-order valence-electron chi connectivity index (χ0n) is 13.0. The number of aliphatic hydroxyl groups is 2. The first-order valence-corrected chi connectivity index (χ1v) is 7.79. The largest absolute Gasteiger partial charge is 0.396 e. The summed E-state index contributed by atoms with van der Waals surface area (Å²) in [5.74, 6) is 1.43. The van der Waals surface area contributed by atoms with Crippen molar-refractivity contribution in [2.75, 3.05) is 19.7 Å². The first-order chi connectivity index (χ1) is 9.39. The Labute approximate surface area is 122 Å². The minimum absolute atomic E-state index is 0.271. The van der Waals surface area contributed by atoms with Gasteiger partial charge in [-0.15, -0.1) is 0 Å². The van der Waals surface area contributed by atoms with E-state index in [4.69, 9.17) is 9.84 Å². The van der Waals surface area contributed by atoms with Crippen LogP contribution in [-0.2, 0) is 4.74 Å². The molecule has 0 aromatic heterocycles. The maximum atomic E-state index is 10.1. The monoisotopic (exact) mass is 283 g/mol. The number of nitrogens with zero attached hydrogens (tertiary/aromatic N) is 1. The first kappa shape index (κ1) is 16.0. The lowest BCUT2D eigenvalue weighted by Crippen LogP contribution is -2.46. The molecule has 1 aliphatic heterocycles. The Morgan fingerprint density at radius 2 is 1.95 bits per heavy atom. The van der Waals surface area contributed by atoms with Crippen molar-refractivity contribution in [2.45, 2.75) is 58.5 Å². The number of hydrogen-bond acceptors (Lipinski definition) is 4. The van der Waals surface area contributed by atoms with Crippen molar-refractivity contribution in [1.29, 1.82) is 0 Å². The van der Waals surface area contributed by atoms with Crippen molar-refractivity contribution < 1.29 is 14.9 Å². The Kier molecular flexibility index (Phi) is 5.24. The minimum Gasteiger partial charge on any atom is -0.396 e. The van der Waals surface area contributed by atoms with Crippen molar-refractivity contribution >= 4 is 0 Å². The van der Waals surface area contributed by atoms with Crippen molar-refractivity contribution in [3.05, 3.63) is 11.6 Å². The molecule has 0 spiro atoms. The molecule has 116 valence electrons. The second kappa shape index (κ2) is 6.56. The van der Waals surface area contributed by atoms with Gasteiger partial charge in [0.15, 0.2) is 0 Å². The Balaban J connectivity index is 1.73. The van der Waals surface area contributed by atoms with E-state index in [1.807, 2.05) is 25.7 Å². The third kappa shape index (κ3) is 4.29. The molecule has 2 N–H and O–H groups in total. The van der Waals surface area contributed by atoms with E-state index in [1.165, 1.54) is 5.57 Å². The summed E-state index contributed by atoms with van der Waals surface area (Å²) in [6.07, 6.45) is 5.81. The molecule has 4 nitrogen and oxygen atoms in total. The van der Waals surface area contributed by atoms with Crippen LogP contribution in [0.4, 0.5) is 0 Å². The molecule has 0 aromatic rings. The Morgan fingerprint density at radius 1 is 1.35 bits per heavy atom. The second-order valence-corrected chi connectivity index (χ2v) is 7.10. The molecule has 2 unspecified atom stereocenters. The van der Waals surface area contributed by atoms with Gasteiger partial charge < -0.3 is 14.9 Å². The van der Waals surface area contributed by atoms with Gasteiger partial charge in [-0.05, 0) is 58.3 Å². The molecular weight excluding hydrogens is 254 g/mol. The van der Waals surface area contributed by atoms with Gasteiger partial charge in [0, 0.05) is 19.7 Å². The number of aliphatic hydroxyl groups excluding tert-OH is 2. The predicted molar refractivity (Wildman–Crippen MR) is 79.0 cm³/mol. The predicted octanol–water partition coefficient (Wildman–Crippen LogP) is 2.12. The number of piperidine rings is 1. The molecule has 2 atom stereocenters. The highest BCUT2D eigenvalue weighted by atomic mass is 16.6. The molecule has 0 amide bonds. The van der Waals surface area contributed by atoms with Gasteiger partial charge in [-0.1, -0.05) is 11.6 Å². The van der Waals surface area contributed by atoms with E-state index in [0.717, 1.165) is 44.7 Å². The molecule has 1 fully saturated rings. The smallest absolute Gasteiger partial charge is 0.216 e. The first-order valence-electron chi connectivity index (χ1n) is 7.79. The average Bonchev–Trinajstić information content (AvgIpc) is 2.31. The van der Waals surface area contributed by atoms with Crippen LogP contribution in [0.1, 0.15) is 46.5 Å². The van der Waals surface area contributed by atoms with Crippen LogP contribution in [0.15, 0.2) is 11.6 Å². The maximum absolute atomic E-state index is 10.1. The van der Waals surface area contributed by atoms with E-state index >= 15 is 0 Å². The van der Waals surface area contributed by atoms with Gasteiger partial charge in [-0.2, -0.15) is 0 Å². The van der Waals surface area contributed by atoms with Crippen LogP contribution >= 0.6 is 0 Å². The van der Waals surface area contributed by atoms with Gasteiger partial charge in [0.05, 0.1) is 5.60 Å². The molecule has 0 radical (unpaired) electrons. The van der Waals surface area contributed by atoms with Gasteiger partial charge in [-0.3, -0.25) is 4.90 Å². The Morgan fingerprint density at radius 3 is 2.45 bits per heavy atom. The van der Waals surface area contributed by atoms with Crippen molar-refractivity contribution in [3.8, 4) is 0 Å². The number of rotatable bonds is 5. The fourth-order valence-electron chi connectivity index (χ4n) is 3.16. The van der Waals surface area contributed by atoms with Crippen molar-refractivity contribution in [1.82, 2.24) is 4.90 Å². The lowest BCUT2D eigenvalue weighted by molar-refractivity contribution is -0.243. The van der Waals surface area contributed by atoms with Crippen LogP contribution < -0.4 is 0 Å². The number of likely N-dealkylation sites (tertiary alicyclic amines) is 1. The summed E-state index contributed by atoms with van der Waals surface area (Å²) in [5, 5.41) is 19.0. The van der Waals surface area contributed by atoms with E-state index < -0.39 is 6.41 Å². The third-order valence-electron chi connectivity index (χ3n) is 4.33. The van der Waals surface area contributed by atoms with Gasteiger partial charge in [0.25, 0.3) is 0 Å². The van der Waals surface area contributed by atoms with E-state index in [9.17, 15) is 5.11 Å². The summed E-state index contributed by atoms with van der Waals surface area (Å²) >= 11 is 0. The average molecular weight is 283 g/mol. The maximum Gasteiger partial charge on any atom is 0.216 e. The second-order valence-electron chi connectivity index (χ2n) is 7.10. The van der Waals surface area contributed by atoms with Gasteiger partial charge in [-0.25, -0.2) is 0 Å². The van der Waals surface area contributed by atoms with Crippen LogP contribution in [0.3, 0.4) is 0 Å². The lowest BCUT2D eigenvalue weighted by atomic mass is 9.73. The van der Waals surface area contributed by atoms with E-state index in [2.05, 4.69) is 6.08 Å². The van der Waals surface area contributed by atoms with E-state index in [1.54, 1.807) is 0 Å². The molecular formula is C16H29NO3. The molecule has 1 aliphatic carbocycles. The third-order valence-corrected chi connectivity index (χ3v) is 4.33. The highest BCUT2D eigenvalue weighted by molar-refractivity contribution is 5.18. The normalized spacial score (nSPS) is 27.1. The summed E-state index contributed by atoms with van der Waals surface area (Å²) in [5.41, 5.74) is 1.10. The summed E-state index contributed by atoms with van der Waals surface area (Å²) < 4.78 is 5.60. The summed E-state index contributed by atoms with van der Waals surface area (Å²) in [6, 6.07) is 0. The fourth-order valence-corrected chi connectivity index (χ4v) is 3.16. The molecule has 0 bridgehead atoms. The van der Waals surface area contributed by atoms with Crippen LogP contribution in [0.25, 0.3) is 0 Å². The summed E-state index contributed by atoms with van der Waals surface area (Å²) in [4.78, 5) is 2.03. The van der Waals surface area contributed by atoms with Gasteiger partial charge in [0.1, 0.15) is 0 Å². The molecule has 2 aliphatic rings. The lowest BCUT2D eigenvalue weighted by Gasteiger charge is -2.41. The molecule has 1 heterocycles. The standard InChI is InChI=1S/C16H29NO3/c1-16(2,3)20-15(19)17-7-4-13(5-8-17)14-10-12(11-14)6-9-18/h10,13-15,18-19H,4-9,11H2,1-3H3. The van der Waals surface area contributed by atoms with Crippen LogP contribution in [0, 0.1) is 11.8 Å². The Hall–Kier alpha value is -0.420. The van der Waals surface area contributed by atoms with Crippen LogP contribution in [0.5, 0.6) is 0 Å². The summed E-state index contributed by atoms with van der Waals surface area (Å²) in [6.45, 7) is 7.97. The number of ether oxygens (including phenoxy) is 1. The molecule has 2 rings (SSSR count). The minimum atomic E-state index is -0.780. The fraction of sp³-hybridized carbons (Fsp3) is 0.875. The number of hydrogen-bond donors (Lipinski definition) is 2. The molecule has 4 heteroatoms. The van der Waals surface area contributed by atoms with Gasteiger partial charge in [0.2, 0.25) is 6.41 Å². The quantitative estimate of drug-likeness (QED) is 0.599. The topological polar surface area (TPSA) is 52.9 Å². The van der Waals surface area contributed by atoms with E-state index in [0.29, 0.717) is 5.92 Å². The van der Waals surface area contributed by atoms with Crippen LogP contribution in [-0.4, -0.2) is 46.8 Å². The molecule has 1 saturated heterocycles. The van der Waals surface area contributed by atoms with Crippen LogP contribution in [0.2, 0.25) is 0 Å². The van der Waals surface area contributed by atoms with E-state index in [-0.39, 0.29) is 12.2 Å². The zero-order chi connectivity index (χ0) is 14.8. The number of allylic oxidation sites excluding steroid dienone is 1. The Bertz CT molecular complexity index is 340. The SMILES string of the molecule is CC(C)(C)OC(O)N1CCC(C2C=C(CCO)C2)CC1. The molecule has 0 saturated carbocycles. The van der Waals surface area contributed by atoms with Crippen molar-refractivity contribution in [2.24, 2.45) is 11.8 Å². The highest BCUT2D eigenvalue weighted by Gasteiger charge is 2.32. The highest BCUT2D eigenvalue weighted by Crippen LogP contribution is 2.38. The zero-order valence-corrected chi connectivity index (χ0v) is 13.0. The summed E-state index contributed by atoms with van der Waals surface area (Å²) in [7, 11) is 0.